The van der Waals surface area contributed by atoms with Crippen LogP contribution in [0.1, 0.15) is 85.6 Å². The molecule has 1 atom stereocenters. The number of hydrogen-bond donors (Lipinski definition) is 0. The predicted molar refractivity (Wildman–Crippen MR) is 156 cm³/mol. The van der Waals surface area contributed by atoms with E-state index >= 15 is 0 Å². The molecule has 1 aromatic rings. The van der Waals surface area contributed by atoms with Crippen molar-refractivity contribution in [2.45, 2.75) is 58.3 Å². The zero-order chi connectivity index (χ0) is 26.4. The van der Waals surface area contributed by atoms with E-state index in [-0.39, 0.29) is 16.7 Å². The summed E-state index contributed by atoms with van der Waals surface area (Å²) in [4.78, 5) is 12.2. The van der Waals surface area contributed by atoms with E-state index in [2.05, 4.69) is 139 Å². The zero-order valence-electron chi connectivity index (χ0n) is 22.8. The van der Waals surface area contributed by atoms with E-state index in [9.17, 15) is 4.79 Å². The number of carbonyl (C=O) groups excluding carboxylic acids is 1. The van der Waals surface area contributed by atoms with Crippen molar-refractivity contribution in [1.29, 1.82) is 0 Å². The van der Waals surface area contributed by atoms with Crippen LogP contribution in [0.4, 0.5) is 0 Å². The van der Waals surface area contributed by atoms with Gasteiger partial charge in [0.15, 0.2) is 6.29 Å². The molecule has 0 saturated heterocycles. The topological polar surface area (TPSA) is 17.1 Å². The lowest BCUT2D eigenvalue weighted by molar-refractivity contribution is 0.112. The first kappa shape index (κ1) is 25.0. The SMILES string of the molecule is CC(C)(C)c1ccc2ccc(C(c3ccccc3)c3cc(C=O)c4ccc(C(C)(C)C)ccc3-4)c-2cc1. The molecule has 37 heavy (non-hydrogen) atoms. The summed E-state index contributed by atoms with van der Waals surface area (Å²) in [5.41, 5.74) is 11.7. The number of aldehydes is 1. The van der Waals surface area contributed by atoms with Crippen LogP contribution in [0.2, 0.25) is 0 Å². The monoisotopic (exact) mass is 484 g/mol. The lowest BCUT2D eigenvalue weighted by Gasteiger charge is -2.20. The molecule has 1 nitrogen and oxygen atoms in total. The van der Waals surface area contributed by atoms with Crippen LogP contribution in [0.15, 0.2) is 97.1 Å². The molecule has 1 aromatic carbocycles. The van der Waals surface area contributed by atoms with Gasteiger partial charge in [0.25, 0.3) is 0 Å². The molecule has 186 valence electrons. The van der Waals surface area contributed by atoms with E-state index in [0.29, 0.717) is 0 Å². The number of carbonyl (C=O) groups is 1. The number of rotatable bonds is 4. The Morgan fingerprint density at radius 1 is 0.568 bits per heavy atom. The van der Waals surface area contributed by atoms with Gasteiger partial charge >= 0.3 is 0 Å². The van der Waals surface area contributed by atoms with Gasteiger partial charge in [0.1, 0.15) is 0 Å². The highest BCUT2D eigenvalue weighted by Crippen LogP contribution is 2.46. The highest BCUT2D eigenvalue weighted by molar-refractivity contribution is 5.93. The second-order valence-electron chi connectivity index (χ2n) is 12.2. The fourth-order valence-corrected chi connectivity index (χ4v) is 5.44. The number of hydrogen-bond acceptors (Lipinski definition) is 1. The maximum Gasteiger partial charge on any atom is 0.150 e. The molecule has 0 amide bonds. The van der Waals surface area contributed by atoms with Gasteiger partial charge in [-0.2, -0.15) is 0 Å². The molecule has 0 aromatic heterocycles. The third kappa shape index (κ3) is 4.71. The lowest BCUT2D eigenvalue weighted by atomic mass is 9.83. The van der Waals surface area contributed by atoms with E-state index in [1.165, 1.54) is 38.9 Å². The largest absolute Gasteiger partial charge is 0.298 e. The van der Waals surface area contributed by atoms with Gasteiger partial charge in [0.2, 0.25) is 0 Å². The highest BCUT2D eigenvalue weighted by Gasteiger charge is 2.28. The van der Waals surface area contributed by atoms with Crippen LogP contribution in [0.25, 0.3) is 22.3 Å². The summed E-state index contributed by atoms with van der Waals surface area (Å²) in [5.74, 6) is 0.0101. The van der Waals surface area contributed by atoms with Gasteiger partial charge in [-0.1, -0.05) is 133 Å². The zero-order valence-corrected chi connectivity index (χ0v) is 22.8. The quantitative estimate of drug-likeness (QED) is 0.232. The van der Waals surface area contributed by atoms with Crippen LogP contribution in [0.3, 0.4) is 0 Å². The van der Waals surface area contributed by atoms with Crippen LogP contribution in [0, 0.1) is 0 Å². The maximum atomic E-state index is 12.2. The summed E-state index contributed by atoms with van der Waals surface area (Å²) in [7, 11) is 0. The molecule has 1 unspecified atom stereocenters. The predicted octanol–water partition coefficient (Wildman–Crippen LogP) is 9.48. The van der Waals surface area contributed by atoms with Crippen molar-refractivity contribution in [3.8, 4) is 22.3 Å². The molecule has 0 spiro atoms. The van der Waals surface area contributed by atoms with Gasteiger partial charge < -0.3 is 0 Å². The molecule has 4 aliphatic carbocycles. The van der Waals surface area contributed by atoms with Crippen LogP contribution in [-0.4, -0.2) is 6.29 Å². The molecule has 0 heterocycles. The maximum absolute atomic E-state index is 12.2. The Bertz CT molecular complexity index is 1490. The number of fused-ring (bicyclic) bond motifs is 2. The van der Waals surface area contributed by atoms with Gasteiger partial charge in [0, 0.05) is 11.5 Å². The summed E-state index contributed by atoms with van der Waals surface area (Å²) in [6.45, 7) is 13.4. The smallest absolute Gasteiger partial charge is 0.150 e. The lowest BCUT2D eigenvalue weighted by Crippen LogP contribution is -2.09. The van der Waals surface area contributed by atoms with Crippen molar-refractivity contribution < 1.29 is 4.79 Å². The van der Waals surface area contributed by atoms with Crippen LogP contribution >= 0.6 is 0 Å². The second-order valence-corrected chi connectivity index (χ2v) is 12.2. The van der Waals surface area contributed by atoms with Gasteiger partial charge in [-0.3, -0.25) is 4.79 Å². The molecule has 0 radical (unpaired) electrons. The Balaban J connectivity index is 1.77. The summed E-state index contributed by atoms with van der Waals surface area (Å²) in [6, 6.07) is 35.1. The molecule has 0 aliphatic heterocycles. The first-order valence-electron chi connectivity index (χ1n) is 13.2. The average Bonchev–Trinajstić information content (AvgIpc) is 3.19. The summed E-state index contributed by atoms with van der Waals surface area (Å²) in [5, 5.41) is 0. The summed E-state index contributed by atoms with van der Waals surface area (Å²) in [6.07, 6.45) is 1.00. The summed E-state index contributed by atoms with van der Waals surface area (Å²) < 4.78 is 0. The van der Waals surface area contributed by atoms with Gasteiger partial charge in [-0.25, -0.2) is 0 Å². The fraction of sp³-hybridized carbons (Fsp3) is 0.250. The highest BCUT2D eigenvalue weighted by atomic mass is 16.1. The van der Waals surface area contributed by atoms with Gasteiger partial charge in [-0.15, -0.1) is 0 Å². The average molecular weight is 485 g/mol. The van der Waals surface area contributed by atoms with Crippen molar-refractivity contribution >= 4 is 6.29 Å². The van der Waals surface area contributed by atoms with E-state index in [4.69, 9.17) is 0 Å². The molecule has 4 aliphatic rings. The van der Waals surface area contributed by atoms with E-state index in [1.54, 1.807) is 0 Å². The molecule has 0 saturated carbocycles. The third-order valence-electron chi connectivity index (χ3n) is 7.63. The first-order valence-corrected chi connectivity index (χ1v) is 13.2. The standard InChI is InChI=1S/C36H36O/c1-35(2,3)27-14-12-24-13-18-32(29(24)19-15-27)34(25-10-8-7-9-11-25)33-22-26(23-37)30-20-16-28(36(4,5)6)17-21-31(30)33/h7-23,34H,1-6H3. The Kier molecular flexibility index (Phi) is 6.28. The Morgan fingerprint density at radius 3 is 1.70 bits per heavy atom. The molecule has 0 fully saturated rings. The van der Waals surface area contributed by atoms with Crippen molar-refractivity contribution in [2.75, 3.05) is 0 Å². The van der Waals surface area contributed by atoms with E-state index in [1.807, 2.05) is 0 Å². The molecular formula is C36H36O. The molecule has 0 bridgehead atoms. The molecule has 1 heteroatoms. The molecular weight excluding hydrogens is 448 g/mol. The summed E-state index contributed by atoms with van der Waals surface area (Å²) >= 11 is 0. The minimum absolute atomic E-state index is 0.0101. The normalized spacial score (nSPS) is 13.1. The third-order valence-corrected chi connectivity index (χ3v) is 7.63. The fourth-order valence-electron chi connectivity index (χ4n) is 5.44. The van der Waals surface area contributed by atoms with Crippen LogP contribution in [-0.2, 0) is 10.8 Å². The van der Waals surface area contributed by atoms with Crippen LogP contribution < -0.4 is 0 Å². The Labute approximate surface area is 221 Å². The van der Waals surface area contributed by atoms with Crippen LogP contribution in [0.5, 0.6) is 0 Å². The first-order chi connectivity index (χ1) is 17.6. The van der Waals surface area contributed by atoms with Crippen molar-refractivity contribution in [3.63, 3.8) is 0 Å². The molecule has 5 rings (SSSR count). The number of benzene rings is 1. The molecule has 0 N–H and O–H groups in total. The van der Waals surface area contributed by atoms with Crippen molar-refractivity contribution in [1.82, 2.24) is 0 Å². The minimum atomic E-state index is 0.0101. The van der Waals surface area contributed by atoms with Gasteiger partial charge in [-0.05, 0) is 67.0 Å². The Hall–Kier alpha value is -3.71. The van der Waals surface area contributed by atoms with Gasteiger partial charge in [0.05, 0.1) is 0 Å². The van der Waals surface area contributed by atoms with E-state index in [0.717, 1.165) is 23.0 Å². The second kappa shape index (κ2) is 9.30. The van der Waals surface area contributed by atoms with Crippen molar-refractivity contribution in [3.05, 3.63) is 130 Å². The van der Waals surface area contributed by atoms with Crippen molar-refractivity contribution in [2.24, 2.45) is 0 Å². The minimum Gasteiger partial charge on any atom is -0.298 e. The van der Waals surface area contributed by atoms with E-state index < -0.39 is 0 Å². The Morgan fingerprint density at radius 2 is 1.11 bits per heavy atom.